The molecule has 0 spiro atoms. The summed E-state index contributed by atoms with van der Waals surface area (Å²) >= 11 is 0. The van der Waals surface area contributed by atoms with Crippen LogP contribution in [0.2, 0.25) is 0 Å². The van der Waals surface area contributed by atoms with E-state index in [9.17, 15) is 13.6 Å². The highest BCUT2D eigenvalue weighted by Crippen LogP contribution is 2.30. The molecule has 3 rings (SSSR count). The van der Waals surface area contributed by atoms with Gasteiger partial charge in [-0.3, -0.25) is 4.79 Å². The number of aromatic nitrogens is 2. The van der Waals surface area contributed by atoms with Crippen molar-refractivity contribution in [3.05, 3.63) is 65.9 Å². The number of nitrogens with zero attached hydrogens (tertiary/aromatic N) is 2. The van der Waals surface area contributed by atoms with Crippen molar-refractivity contribution in [1.29, 1.82) is 0 Å². The van der Waals surface area contributed by atoms with Gasteiger partial charge in [-0.1, -0.05) is 6.07 Å². The Bertz CT molecular complexity index is 977. The van der Waals surface area contributed by atoms with Crippen molar-refractivity contribution < 1.29 is 23.0 Å². The lowest BCUT2D eigenvalue weighted by Gasteiger charge is -2.12. The molecule has 2 N–H and O–H groups in total. The Labute approximate surface area is 159 Å². The zero-order valence-electron chi connectivity index (χ0n) is 15.0. The summed E-state index contributed by atoms with van der Waals surface area (Å²) in [7, 11) is 3.06. The summed E-state index contributed by atoms with van der Waals surface area (Å²) in [5.41, 5.74) is -0.0646. The number of rotatable bonds is 6. The number of hydrogen-bond donors (Lipinski definition) is 2. The van der Waals surface area contributed by atoms with Gasteiger partial charge in [-0.05, 0) is 36.4 Å². The summed E-state index contributed by atoms with van der Waals surface area (Å²) in [6, 6.07) is 11.3. The van der Waals surface area contributed by atoms with E-state index in [0.717, 1.165) is 12.1 Å². The average molecular weight is 386 g/mol. The summed E-state index contributed by atoms with van der Waals surface area (Å²) in [5.74, 6) is -1.06. The van der Waals surface area contributed by atoms with Gasteiger partial charge in [0.2, 0.25) is 0 Å². The van der Waals surface area contributed by atoms with E-state index in [1.54, 1.807) is 18.2 Å². The second-order valence-corrected chi connectivity index (χ2v) is 5.55. The third kappa shape index (κ3) is 4.14. The minimum atomic E-state index is -0.885. The molecule has 0 aliphatic heterocycles. The van der Waals surface area contributed by atoms with Crippen molar-refractivity contribution in [1.82, 2.24) is 10.2 Å². The van der Waals surface area contributed by atoms with Crippen LogP contribution in [0.3, 0.4) is 0 Å². The van der Waals surface area contributed by atoms with Gasteiger partial charge in [-0.2, -0.15) is 0 Å². The molecule has 0 aliphatic carbocycles. The monoisotopic (exact) mass is 386 g/mol. The fraction of sp³-hybridized carbons (Fsp3) is 0.105. The van der Waals surface area contributed by atoms with Crippen molar-refractivity contribution in [3.8, 4) is 11.5 Å². The predicted octanol–water partition coefficient (Wildman–Crippen LogP) is 3.77. The minimum Gasteiger partial charge on any atom is -0.497 e. The van der Waals surface area contributed by atoms with Crippen LogP contribution in [-0.4, -0.2) is 30.3 Å². The number of nitrogens with one attached hydrogen (secondary N) is 2. The van der Waals surface area contributed by atoms with Crippen LogP contribution in [0, 0.1) is 11.6 Å². The third-order valence-electron chi connectivity index (χ3n) is 3.77. The number of amides is 1. The molecule has 144 valence electrons. The quantitative estimate of drug-likeness (QED) is 0.671. The summed E-state index contributed by atoms with van der Waals surface area (Å²) in [6.07, 6.45) is 0. The van der Waals surface area contributed by atoms with E-state index in [1.807, 2.05) is 0 Å². The SMILES string of the molecule is COc1ccc(OC)c(Nc2ccc(C(=O)Nc3c(F)cccc3F)nn2)c1. The second-order valence-electron chi connectivity index (χ2n) is 5.55. The maximum atomic E-state index is 13.6. The van der Waals surface area contributed by atoms with Crippen LogP contribution in [0.15, 0.2) is 48.5 Å². The molecular weight excluding hydrogens is 370 g/mol. The molecule has 0 fully saturated rings. The standard InChI is InChI=1S/C19H16F2N4O3/c1-27-11-6-8-16(28-2)15(10-11)22-17-9-7-14(24-25-17)19(26)23-18-12(20)4-3-5-13(18)21/h3-10H,1-2H3,(H,22,25)(H,23,26). The zero-order chi connectivity index (χ0) is 20.1. The summed E-state index contributed by atoms with van der Waals surface area (Å²) in [4.78, 5) is 12.2. The van der Waals surface area contributed by atoms with E-state index in [2.05, 4.69) is 20.8 Å². The van der Waals surface area contributed by atoms with Crippen molar-refractivity contribution in [3.63, 3.8) is 0 Å². The summed E-state index contributed by atoms with van der Waals surface area (Å²) in [6.45, 7) is 0. The van der Waals surface area contributed by atoms with E-state index in [0.29, 0.717) is 23.0 Å². The number of carbonyl (C=O) groups is 1. The van der Waals surface area contributed by atoms with Gasteiger partial charge < -0.3 is 20.1 Å². The molecule has 1 heterocycles. The maximum Gasteiger partial charge on any atom is 0.276 e. The molecule has 7 nitrogen and oxygen atoms in total. The van der Waals surface area contributed by atoms with Crippen LogP contribution < -0.4 is 20.1 Å². The number of methoxy groups -OCH3 is 2. The van der Waals surface area contributed by atoms with Crippen molar-refractivity contribution >= 4 is 23.1 Å². The molecule has 2 aromatic carbocycles. The smallest absolute Gasteiger partial charge is 0.276 e. The Morgan fingerprint density at radius 3 is 2.32 bits per heavy atom. The molecule has 0 radical (unpaired) electrons. The molecule has 3 aromatic rings. The molecule has 1 amide bonds. The van der Waals surface area contributed by atoms with E-state index in [4.69, 9.17) is 9.47 Å². The second kappa shape index (κ2) is 8.30. The van der Waals surface area contributed by atoms with Gasteiger partial charge in [-0.25, -0.2) is 8.78 Å². The molecule has 0 unspecified atom stereocenters. The lowest BCUT2D eigenvalue weighted by molar-refractivity contribution is 0.102. The maximum absolute atomic E-state index is 13.6. The average Bonchev–Trinajstić information content (AvgIpc) is 2.71. The molecule has 0 aliphatic rings. The van der Waals surface area contributed by atoms with E-state index < -0.39 is 23.2 Å². The molecule has 0 bridgehead atoms. The lowest BCUT2D eigenvalue weighted by atomic mass is 10.2. The first kappa shape index (κ1) is 19.0. The van der Waals surface area contributed by atoms with Crippen LogP contribution in [-0.2, 0) is 0 Å². The summed E-state index contributed by atoms with van der Waals surface area (Å²) in [5, 5.41) is 12.8. The fourth-order valence-corrected chi connectivity index (χ4v) is 2.36. The van der Waals surface area contributed by atoms with Crippen molar-refractivity contribution in [2.75, 3.05) is 24.9 Å². The lowest BCUT2D eigenvalue weighted by Crippen LogP contribution is -2.16. The first-order chi connectivity index (χ1) is 13.5. The number of halogens is 2. The van der Waals surface area contributed by atoms with Crippen LogP contribution >= 0.6 is 0 Å². The first-order valence-electron chi connectivity index (χ1n) is 8.10. The third-order valence-corrected chi connectivity index (χ3v) is 3.77. The Balaban J connectivity index is 1.76. The normalized spacial score (nSPS) is 10.3. The van der Waals surface area contributed by atoms with Gasteiger partial charge in [0.15, 0.2) is 11.5 Å². The highest BCUT2D eigenvalue weighted by molar-refractivity contribution is 6.02. The van der Waals surface area contributed by atoms with Crippen LogP contribution in [0.4, 0.5) is 26.0 Å². The molecule has 0 saturated heterocycles. The zero-order valence-corrected chi connectivity index (χ0v) is 15.0. The van der Waals surface area contributed by atoms with Crippen LogP contribution in [0.5, 0.6) is 11.5 Å². The van der Waals surface area contributed by atoms with Gasteiger partial charge in [-0.15, -0.1) is 10.2 Å². The summed E-state index contributed by atoms with van der Waals surface area (Å²) < 4.78 is 37.7. The fourth-order valence-electron chi connectivity index (χ4n) is 2.36. The van der Waals surface area contributed by atoms with Crippen LogP contribution in [0.1, 0.15) is 10.5 Å². The highest BCUT2D eigenvalue weighted by Gasteiger charge is 2.15. The highest BCUT2D eigenvalue weighted by atomic mass is 19.1. The van der Waals surface area contributed by atoms with Gasteiger partial charge in [0.25, 0.3) is 5.91 Å². The van der Waals surface area contributed by atoms with Gasteiger partial charge >= 0.3 is 0 Å². The number of para-hydroxylation sites is 1. The molecule has 9 heteroatoms. The molecule has 28 heavy (non-hydrogen) atoms. The molecule has 1 aromatic heterocycles. The molecule has 0 saturated carbocycles. The molecule has 0 atom stereocenters. The predicted molar refractivity (Wildman–Crippen MR) is 99.2 cm³/mol. The Morgan fingerprint density at radius 2 is 1.71 bits per heavy atom. The topological polar surface area (TPSA) is 85.4 Å². The molecular formula is C19H16F2N4O3. The number of hydrogen-bond acceptors (Lipinski definition) is 6. The van der Waals surface area contributed by atoms with Crippen molar-refractivity contribution in [2.45, 2.75) is 0 Å². The van der Waals surface area contributed by atoms with Gasteiger partial charge in [0.1, 0.15) is 28.8 Å². The minimum absolute atomic E-state index is 0.106. The number of ether oxygens (including phenoxy) is 2. The van der Waals surface area contributed by atoms with Crippen LogP contribution in [0.25, 0.3) is 0 Å². The van der Waals surface area contributed by atoms with E-state index in [1.165, 1.54) is 32.4 Å². The Hall–Kier alpha value is -3.75. The Kier molecular flexibility index (Phi) is 5.64. The number of anilines is 3. The van der Waals surface area contributed by atoms with Crippen molar-refractivity contribution in [2.24, 2.45) is 0 Å². The largest absolute Gasteiger partial charge is 0.497 e. The van der Waals surface area contributed by atoms with E-state index in [-0.39, 0.29) is 5.69 Å². The van der Waals surface area contributed by atoms with Gasteiger partial charge in [0, 0.05) is 6.07 Å². The Morgan fingerprint density at radius 1 is 0.964 bits per heavy atom. The van der Waals surface area contributed by atoms with Gasteiger partial charge in [0.05, 0.1) is 19.9 Å². The number of benzene rings is 2. The first-order valence-corrected chi connectivity index (χ1v) is 8.10. The van der Waals surface area contributed by atoms with E-state index >= 15 is 0 Å². The number of carbonyl (C=O) groups excluding carboxylic acids is 1.